The van der Waals surface area contributed by atoms with Crippen molar-refractivity contribution in [3.63, 3.8) is 0 Å². The van der Waals surface area contributed by atoms with Gasteiger partial charge in [0.1, 0.15) is 5.82 Å². The molecule has 1 saturated heterocycles. The highest BCUT2D eigenvalue weighted by Gasteiger charge is 2.18. The van der Waals surface area contributed by atoms with Crippen molar-refractivity contribution in [1.29, 1.82) is 0 Å². The number of pyridine rings is 1. The third-order valence-electron chi connectivity index (χ3n) is 2.87. The second-order valence-corrected chi connectivity index (χ2v) is 4.41. The van der Waals surface area contributed by atoms with E-state index < -0.39 is 0 Å². The lowest BCUT2D eigenvalue weighted by Crippen LogP contribution is -2.47. The first-order chi connectivity index (χ1) is 8.24. The number of aromatic nitrogens is 1. The molecule has 1 aromatic heterocycles. The summed E-state index contributed by atoms with van der Waals surface area (Å²) in [5.74, 6) is 0.578. The van der Waals surface area contributed by atoms with Crippen LogP contribution in [0.15, 0.2) is 24.4 Å². The second kappa shape index (κ2) is 5.63. The van der Waals surface area contributed by atoms with Crippen LogP contribution in [0.2, 0.25) is 0 Å². The molecular weight excluding hydrogens is 216 g/mol. The number of rotatable bonds is 2. The van der Waals surface area contributed by atoms with Gasteiger partial charge in [-0.25, -0.2) is 9.78 Å². The predicted molar refractivity (Wildman–Crippen MR) is 66.9 cm³/mol. The minimum atomic E-state index is -0.177. The fraction of sp³-hybridized carbons (Fsp3) is 0.500. The fourth-order valence-electron chi connectivity index (χ4n) is 2.06. The molecule has 2 rings (SSSR count). The van der Waals surface area contributed by atoms with Crippen LogP contribution in [0.25, 0.3) is 0 Å². The van der Waals surface area contributed by atoms with Gasteiger partial charge in [-0.2, -0.15) is 0 Å². The highest BCUT2D eigenvalue weighted by Crippen LogP contribution is 2.08. The van der Waals surface area contributed by atoms with E-state index in [2.05, 4.69) is 27.6 Å². The minimum Gasteiger partial charge on any atom is -0.334 e. The summed E-state index contributed by atoms with van der Waals surface area (Å²) in [6.45, 7) is 2.02. The lowest BCUT2D eigenvalue weighted by atomic mass is 10.1. The number of hydrogen-bond donors (Lipinski definition) is 2. The smallest absolute Gasteiger partial charge is 0.320 e. The molecule has 0 bridgehead atoms. The minimum absolute atomic E-state index is 0.177. The first kappa shape index (κ1) is 11.9. The van der Waals surface area contributed by atoms with Gasteiger partial charge in [0.15, 0.2) is 0 Å². The topological polar surface area (TPSA) is 57.3 Å². The maximum absolute atomic E-state index is 11.7. The maximum Gasteiger partial charge on any atom is 0.320 e. The van der Waals surface area contributed by atoms with E-state index in [1.165, 1.54) is 0 Å². The number of hydrogen-bond acceptors (Lipinski definition) is 3. The molecule has 2 heterocycles. The highest BCUT2D eigenvalue weighted by atomic mass is 16.2. The number of urea groups is 1. The van der Waals surface area contributed by atoms with Gasteiger partial charge >= 0.3 is 6.03 Å². The lowest BCUT2D eigenvalue weighted by Gasteiger charge is -2.30. The zero-order valence-electron chi connectivity index (χ0n) is 10.0. The van der Waals surface area contributed by atoms with Crippen LogP contribution < -0.4 is 10.6 Å². The van der Waals surface area contributed by atoms with E-state index in [-0.39, 0.29) is 12.1 Å². The van der Waals surface area contributed by atoms with Gasteiger partial charge in [-0.1, -0.05) is 6.07 Å². The molecule has 0 unspecified atom stereocenters. The molecule has 1 aliphatic rings. The predicted octanol–water partition coefficient (Wildman–Crippen LogP) is 1.30. The monoisotopic (exact) mass is 234 g/mol. The van der Waals surface area contributed by atoms with E-state index in [9.17, 15) is 4.79 Å². The molecule has 92 valence electrons. The maximum atomic E-state index is 11.7. The van der Waals surface area contributed by atoms with Crippen molar-refractivity contribution < 1.29 is 4.79 Å². The van der Waals surface area contributed by atoms with Gasteiger partial charge in [0.2, 0.25) is 0 Å². The van der Waals surface area contributed by atoms with E-state index >= 15 is 0 Å². The summed E-state index contributed by atoms with van der Waals surface area (Å²) in [6.07, 6.45) is 3.83. The van der Waals surface area contributed by atoms with Crippen molar-refractivity contribution in [3.05, 3.63) is 24.4 Å². The van der Waals surface area contributed by atoms with E-state index in [4.69, 9.17) is 0 Å². The summed E-state index contributed by atoms with van der Waals surface area (Å²) < 4.78 is 0. The zero-order chi connectivity index (χ0) is 12.1. The Morgan fingerprint density at radius 1 is 1.53 bits per heavy atom. The molecule has 5 heteroatoms. The molecule has 0 aromatic carbocycles. The Kier molecular flexibility index (Phi) is 3.93. The molecule has 0 saturated carbocycles. The summed E-state index contributed by atoms with van der Waals surface area (Å²) in [5, 5.41) is 5.69. The number of carbonyl (C=O) groups excluding carboxylic acids is 1. The van der Waals surface area contributed by atoms with Gasteiger partial charge in [0, 0.05) is 18.8 Å². The molecule has 1 atom stereocenters. The quantitative estimate of drug-likeness (QED) is 0.811. The van der Waals surface area contributed by atoms with Crippen LogP contribution in [0.1, 0.15) is 12.8 Å². The Morgan fingerprint density at radius 2 is 2.41 bits per heavy atom. The van der Waals surface area contributed by atoms with Gasteiger partial charge < -0.3 is 10.2 Å². The zero-order valence-corrected chi connectivity index (χ0v) is 10.0. The van der Waals surface area contributed by atoms with Crippen LogP contribution in [-0.4, -0.2) is 42.1 Å². The Balaban J connectivity index is 1.81. The molecule has 1 fully saturated rings. The van der Waals surface area contributed by atoms with E-state index in [1.807, 2.05) is 12.1 Å². The van der Waals surface area contributed by atoms with Crippen LogP contribution in [0.3, 0.4) is 0 Å². The van der Waals surface area contributed by atoms with Crippen molar-refractivity contribution in [2.45, 2.75) is 18.9 Å². The summed E-state index contributed by atoms with van der Waals surface area (Å²) in [6, 6.07) is 5.49. The number of anilines is 1. The van der Waals surface area contributed by atoms with Gasteiger partial charge in [-0.15, -0.1) is 0 Å². The highest BCUT2D eigenvalue weighted by molar-refractivity contribution is 5.88. The number of nitrogens with zero attached hydrogens (tertiary/aromatic N) is 2. The van der Waals surface area contributed by atoms with Gasteiger partial charge in [0.25, 0.3) is 0 Å². The standard InChI is InChI=1S/C12H18N4O/c1-16-8-4-5-10(9-16)14-12(17)15-11-6-2-3-7-13-11/h2-3,6-7,10H,4-5,8-9H2,1H3,(H2,13,14,15,17)/t10-/m1/s1. The van der Waals surface area contributed by atoms with Crippen molar-refractivity contribution >= 4 is 11.8 Å². The number of carbonyl (C=O) groups is 1. The van der Waals surface area contributed by atoms with Crippen molar-refractivity contribution in [2.75, 3.05) is 25.5 Å². The summed E-state index contributed by atoms with van der Waals surface area (Å²) in [7, 11) is 2.07. The average molecular weight is 234 g/mol. The van der Waals surface area contributed by atoms with Gasteiger partial charge in [0.05, 0.1) is 0 Å². The Hall–Kier alpha value is -1.62. The third kappa shape index (κ3) is 3.71. The van der Waals surface area contributed by atoms with Crippen LogP contribution in [0.5, 0.6) is 0 Å². The Bertz CT molecular complexity index is 368. The molecule has 17 heavy (non-hydrogen) atoms. The average Bonchev–Trinajstić information content (AvgIpc) is 2.30. The molecular formula is C12H18N4O. The SMILES string of the molecule is CN1CCC[C@@H](NC(=O)Nc2ccccn2)C1. The number of amides is 2. The first-order valence-electron chi connectivity index (χ1n) is 5.91. The largest absolute Gasteiger partial charge is 0.334 e. The van der Waals surface area contributed by atoms with E-state index in [1.54, 1.807) is 12.3 Å². The number of nitrogens with one attached hydrogen (secondary N) is 2. The molecule has 0 aliphatic carbocycles. The summed E-state index contributed by atoms with van der Waals surface area (Å²) >= 11 is 0. The normalized spacial score (nSPS) is 20.9. The fourth-order valence-corrected chi connectivity index (χ4v) is 2.06. The van der Waals surface area contributed by atoms with Crippen LogP contribution in [0, 0.1) is 0 Å². The molecule has 2 amide bonds. The Labute approximate surface area is 101 Å². The third-order valence-corrected chi connectivity index (χ3v) is 2.87. The Morgan fingerprint density at radius 3 is 3.12 bits per heavy atom. The van der Waals surface area contributed by atoms with Crippen LogP contribution in [0.4, 0.5) is 10.6 Å². The van der Waals surface area contributed by atoms with Gasteiger partial charge in [-0.05, 0) is 38.6 Å². The van der Waals surface area contributed by atoms with Gasteiger partial charge in [-0.3, -0.25) is 5.32 Å². The molecule has 1 aliphatic heterocycles. The summed E-state index contributed by atoms with van der Waals surface area (Å²) in [4.78, 5) is 18.0. The second-order valence-electron chi connectivity index (χ2n) is 4.41. The van der Waals surface area contributed by atoms with Crippen molar-refractivity contribution in [1.82, 2.24) is 15.2 Å². The lowest BCUT2D eigenvalue weighted by molar-refractivity contribution is 0.216. The molecule has 0 radical (unpaired) electrons. The molecule has 0 spiro atoms. The van der Waals surface area contributed by atoms with Crippen LogP contribution in [-0.2, 0) is 0 Å². The van der Waals surface area contributed by atoms with Crippen molar-refractivity contribution in [2.24, 2.45) is 0 Å². The first-order valence-corrected chi connectivity index (χ1v) is 5.91. The van der Waals surface area contributed by atoms with E-state index in [0.717, 1.165) is 25.9 Å². The van der Waals surface area contributed by atoms with E-state index in [0.29, 0.717) is 5.82 Å². The van der Waals surface area contributed by atoms with Crippen molar-refractivity contribution in [3.8, 4) is 0 Å². The number of likely N-dealkylation sites (tertiary alicyclic amines) is 1. The molecule has 1 aromatic rings. The molecule has 2 N–H and O–H groups in total. The summed E-state index contributed by atoms with van der Waals surface area (Å²) in [5.41, 5.74) is 0. The van der Waals surface area contributed by atoms with Crippen LogP contribution >= 0.6 is 0 Å². The number of piperidine rings is 1. The molecule has 5 nitrogen and oxygen atoms in total. The number of likely N-dealkylation sites (N-methyl/N-ethyl adjacent to an activating group) is 1.